The van der Waals surface area contributed by atoms with Crippen molar-refractivity contribution in [2.24, 2.45) is 0 Å². The minimum atomic E-state index is -4.39. The molecular formula is C11H13F3N2O3. The number of alkyl halides is 3. The number of aromatic amines is 1. The van der Waals surface area contributed by atoms with Crippen molar-refractivity contribution in [3.8, 4) is 0 Å². The highest BCUT2D eigenvalue weighted by Crippen LogP contribution is 2.13. The summed E-state index contributed by atoms with van der Waals surface area (Å²) in [7, 11) is 0. The highest BCUT2D eigenvalue weighted by molar-refractivity contribution is 5.93. The summed E-state index contributed by atoms with van der Waals surface area (Å²) < 4.78 is 39.5. The molecule has 0 saturated carbocycles. The van der Waals surface area contributed by atoms with Gasteiger partial charge in [0.25, 0.3) is 11.5 Å². The molecule has 0 aromatic carbocycles. The number of H-pyrrole nitrogens is 1. The molecule has 0 saturated heterocycles. The van der Waals surface area contributed by atoms with Crippen LogP contribution in [0.3, 0.4) is 0 Å². The fraction of sp³-hybridized carbons (Fsp3) is 0.455. The zero-order valence-electron chi connectivity index (χ0n) is 10.1. The molecule has 0 atom stereocenters. The Labute approximate surface area is 106 Å². The molecule has 0 unspecified atom stereocenters. The first-order valence-electron chi connectivity index (χ1n) is 5.42. The van der Waals surface area contributed by atoms with E-state index in [1.807, 2.05) is 0 Å². The van der Waals surface area contributed by atoms with Crippen LogP contribution in [0.1, 0.15) is 16.1 Å². The molecule has 1 heterocycles. The quantitative estimate of drug-likeness (QED) is 0.789. The van der Waals surface area contributed by atoms with E-state index >= 15 is 0 Å². The Morgan fingerprint density at radius 2 is 2.11 bits per heavy atom. The van der Waals surface area contributed by atoms with E-state index in [0.29, 0.717) is 5.69 Å². The monoisotopic (exact) mass is 278 g/mol. The summed E-state index contributed by atoms with van der Waals surface area (Å²) in [5, 5.41) is 2.29. The minimum absolute atomic E-state index is 0.0959. The molecule has 2 N–H and O–H groups in total. The van der Waals surface area contributed by atoms with Crippen LogP contribution in [0.15, 0.2) is 16.9 Å². The van der Waals surface area contributed by atoms with Crippen LogP contribution in [0, 0.1) is 6.92 Å². The van der Waals surface area contributed by atoms with Crippen LogP contribution in [0.25, 0.3) is 0 Å². The smallest absolute Gasteiger partial charge is 0.370 e. The molecule has 0 bridgehead atoms. The molecule has 106 valence electrons. The van der Waals surface area contributed by atoms with E-state index in [1.54, 1.807) is 13.0 Å². The molecule has 0 spiro atoms. The SMILES string of the molecule is Cc1ccc(C(=O)NCCOCC(F)(F)F)c(=O)[nH]1. The van der Waals surface area contributed by atoms with Gasteiger partial charge in [-0.3, -0.25) is 9.59 Å². The van der Waals surface area contributed by atoms with Crippen LogP contribution in [0.5, 0.6) is 0 Å². The largest absolute Gasteiger partial charge is 0.411 e. The average molecular weight is 278 g/mol. The summed E-state index contributed by atoms with van der Waals surface area (Å²) in [5.74, 6) is -0.656. The highest BCUT2D eigenvalue weighted by atomic mass is 19.4. The number of rotatable bonds is 5. The standard InChI is InChI=1S/C11H13F3N2O3/c1-7-2-3-8(10(18)16-7)9(17)15-4-5-19-6-11(12,13)14/h2-3H,4-6H2,1H3,(H,15,17)(H,16,18). The number of hydrogen-bond acceptors (Lipinski definition) is 3. The van der Waals surface area contributed by atoms with E-state index in [-0.39, 0.29) is 18.7 Å². The Balaban J connectivity index is 2.38. The Morgan fingerprint density at radius 1 is 1.42 bits per heavy atom. The summed E-state index contributed by atoms with van der Waals surface area (Å²) in [6.07, 6.45) is -4.39. The van der Waals surface area contributed by atoms with Gasteiger partial charge in [0.15, 0.2) is 0 Å². The fourth-order valence-corrected chi connectivity index (χ4v) is 1.27. The van der Waals surface area contributed by atoms with Crippen molar-refractivity contribution in [3.05, 3.63) is 33.7 Å². The second-order valence-electron chi connectivity index (χ2n) is 3.81. The van der Waals surface area contributed by atoms with E-state index in [1.165, 1.54) is 6.07 Å². The van der Waals surface area contributed by atoms with Gasteiger partial charge in [0.1, 0.15) is 12.2 Å². The number of halogens is 3. The molecule has 1 rings (SSSR count). The van der Waals surface area contributed by atoms with Crippen molar-refractivity contribution in [2.75, 3.05) is 19.8 Å². The molecule has 19 heavy (non-hydrogen) atoms. The molecule has 0 radical (unpaired) electrons. The Hall–Kier alpha value is -1.83. The summed E-state index contributed by atoms with van der Waals surface area (Å²) in [4.78, 5) is 25.4. The molecule has 0 aliphatic heterocycles. The van der Waals surface area contributed by atoms with Gasteiger partial charge in [0, 0.05) is 12.2 Å². The number of hydrogen-bond donors (Lipinski definition) is 2. The highest BCUT2D eigenvalue weighted by Gasteiger charge is 2.27. The second kappa shape index (κ2) is 6.37. The van der Waals surface area contributed by atoms with Crippen LogP contribution in [-0.4, -0.2) is 36.8 Å². The van der Waals surface area contributed by atoms with Crippen molar-refractivity contribution in [3.63, 3.8) is 0 Å². The predicted molar refractivity (Wildman–Crippen MR) is 61.0 cm³/mol. The lowest BCUT2D eigenvalue weighted by atomic mass is 10.2. The Kier molecular flexibility index (Phi) is 5.11. The van der Waals surface area contributed by atoms with Crippen molar-refractivity contribution in [1.82, 2.24) is 10.3 Å². The normalized spacial score (nSPS) is 11.4. The van der Waals surface area contributed by atoms with E-state index in [4.69, 9.17) is 0 Å². The van der Waals surface area contributed by atoms with E-state index in [9.17, 15) is 22.8 Å². The number of amides is 1. The van der Waals surface area contributed by atoms with Crippen molar-refractivity contribution in [2.45, 2.75) is 13.1 Å². The predicted octanol–water partition coefficient (Wildman–Crippen LogP) is 0.992. The van der Waals surface area contributed by atoms with E-state index in [2.05, 4.69) is 15.0 Å². The molecule has 0 aliphatic rings. The zero-order chi connectivity index (χ0) is 14.5. The molecular weight excluding hydrogens is 265 g/mol. The fourth-order valence-electron chi connectivity index (χ4n) is 1.27. The third kappa shape index (κ3) is 5.56. The van der Waals surface area contributed by atoms with Gasteiger partial charge >= 0.3 is 6.18 Å². The van der Waals surface area contributed by atoms with Crippen molar-refractivity contribution < 1.29 is 22.7 Å². The van der Waals surface area contributed by atoms with Gasteiger partial charge < -0.3 is 15.0 Å². The first-order valence-corrected chi connectivity index (χ1v) is 5.42. The number of aromatic nitrogens is 1. The van der Waals surface area contributed by atoms with E-state index < -0.39 is 24.2 Å². The van der Waals surface area contributed by atoms with Crippen molar-refractivity contribution in [1.29, 1.82) is 0 Å². The Morgan fingerprint density at radius 3 is 2.68 bits per heavy atom. The topological polar surface area (TPSA) is 71.2 Å². The first kappa shape index (κ1) is 15.2. The second-order valence-corrected chi connectivity index (χ2v) is 3.81. The van der Waals surface area contributed by atoms with Gasteiger partial charge in [0.2, 0.25) is 0 Å². The Bertz CT molecular complexity index is 497. The third-order valence-electron chi connectivity index (χ3n) is 2.10. The van der Waals surface area contributed by atoms with Crippen LogP contribution < -0.4 is 10.9 Å². The lowest BCUT2D eigenvalue weighted by molar-refractivity contribution is -0.173. The van der Waals surface area contributed by atoms with E-state index in [0.717, 1.165) is 0 Å². The van der Waals surface area contributed by atoms with Gasteiger partial charge in [-0.2, -0.15) is 13.2 Å². The summed E-state index contributed by atoms with van der Waals surface area (Å²) in [6, 6.07) is 2.90. The van der Waals surface area contributed by atoms with Crippen LogP contribution in [0.2, 0.25) is 0 Å². The minimum Gasteiger partial charge on any atom is -0.370 e. The maximum Gasteiger partial charge on any atom is 0.411 e. The number of ether oxygens (including phenoxy) is 1. The number of carbonyl (C=O) groups excluding carboxylic acids is 1. The summed E-state index contributed by atoms with van der Waals surface area (Å²) in [5.41, 5.74) is -0.0369. The lowest BCUT2D eigenvalue weighted by Gasteiger charge is -2.08. The van der Waals surface area contributed by atoms with Crippen molar-refractivity contribution >= 4 is 5.91 Å². The van der Waals surface area contributed by atoms with Crippen LogP contribution >= 0.6 is 0 Å². The molecule has 0 fully saturated rings. The molecule has 0 aliphatic carbocycles. The number of nitrogens with one attached hydrogen (secondary N) is 2. The van der Waals surface area contributed by atoms with Gasteiger partial charge in [-0.25, -0.2) is 0 Å². The van der Waals surface area contributed by atoms with Crippen LogP contribution in [0.4, 0.5) is 13.2 Å². The summed E-state index contributed by atoms with van der Waals surface area (Å²) >= 11 is 0. The first-order chi connectivity index (χ1) is 8.79. The number of pyridine rings is 1. The van der Waals surface area contributed by atoms with Gasteiger partial charge in [0.05, 0.1) is 6.61 Å². The molecule has 8 heteroatoms. The average Bonchev–Trinajstić information content (AvgIpc) is 2.26. The molecule has 5 nitrogen and oxygen atoms in total. The lowest BCUT2D eigenvalue weighted by Crippen LogP contribution is -2.32. The molecule has 1 aromatic heterocycles. The molecule has 1 amide bonds. The maximum absolute atomic E-state index is 11.7. The molecule has 1 aromatic rings. The van der Waals surface area contributed by atoms with Gasteiger partial charge in [-0.15, -0.1) is 0 Å². The van der Waals surface area contributed by atoms with Gasteiger partial charge in [-0.1, -0.05) is 0 Å². The van der Waals surface area contributed by atoms with Crippen LogP contribution in [-0.2, 0) is 4.74 Å². The maximum atomic E-state index is 11.7. The number of carbonyl (C=O) groups is 1. The zero-order valence-corrected chi connectivity index (χ0v) is 10.1. The van der Waals surface area contributed by atoms with Gasteiger partial charge in [-0.05, 0) is 19.1 Å². The number of aryl methyl sites for hydroxylation is 1. The summed E-state index contributed by atoms with van der Waals surface area (Å²) in [6.45, 7) is -0.0979. The third-order valence-corrected chi connectivity index (χ3v) is 2.10.